The fraction of sp³-hybridized carbons (Fsp3) is 0.391. The number of para-hydroxylation sites is 1. The Morgan fingerprint density at radius 1 is 1.03 bits per heavy atom. The van der Waals surface area contributed by atoms with Gasteiger partial charge in [-0.05, 0) is 38.5 Å². The van der Waals surface area contributed by atoms with Crippen LogP contribution in [0.25, 0.3) is 0 Å². The lowest BCUT2D eigenvalue weighted by molar-refractivity contribution is -0.907. The van der Waals surface area contributed by atoms with E-state index in [-0.39, 0.29) is 24.0 Å². The standard InChI is InChI=1S/C23H29N3O3/c1-16-8-10-19(11-9-16)12-24-23(28)20-6-4-5-7-21(20)25-22(27)15-26-13-17(2)29-18(3)14-26/h4-11,17-18H,12-15H2,1-3H3,(H,24,28)(H,25,27)/p+1/t17-,18-/m1/s1. The molecule has 0 bridgehead atoms. The van der Waals surface area contributed by atoms with Gasteiger partial charge in [0.25, 0.3) is 11.8 Å². The highest BCUT2D eigenvalue weighted by Crippen LogP contribution is 2.15. The molecule has 29 heavy (non-hydrogen) atoms. The summed E-state index contributed by atoms with van der Waals surface area (Å²) < 4.78 is 5.73. The Morgan fingerprint density at radius 2 is 1.69 bits per heavy atom. The number of quaternary nitrogens is 1. The molecule has 1 aliphatic rings. The first kappa shape index (κ1) is 21.0. The van der Waals surface area contributed by atoms with Crippen molar-refractivity contribution in [2.24, 2.45) is 0 Å². The second-order valence-corrected chi connectivity index (χ2v) is 7.85. The third-order valence-electron chi connectivity index (χ3n) is 5.05. The van der Waals surface area contributed by atoms with Gasteiger partial charge in [-0.1, -0.05) is 42.0 Å². The van der Waals surface area contributed by atoms with E-state index in [0.29, 0.717) is 24.3 Å². The summed E-state index contributed by atoms with van der Waals surface area (Å²) in [6.07, 6.45) is 0.280. The molecule has 2 atom stereocenters. The largest absolute Gasteiger partial charge is 0.364 e. The molecule has 1 fully saturated rings. The Labute approximate surface area is 172 Å². The Balaban J connectivity index is 1.59. The van der Waals surface area contributed by atoms with Crippen molar-refractivity contribution in [1.82, 2.24) is 5.32 Å². The molecule has 0 spiro atoms. The first-order chi connectivity index (χ1) is 13.9. The molecule has 0 saturated carbocycles. The molecule has 0 aromatic heterocycles. The molecule has 1 saturated heterocycles. The summed E-state index contributed by atoms with van der Waals surface area (Å²) in [5, 5.41) is 5.84. The lowest BCUT2D eigenvalue weighted by Crippen LogP contribution is -3.16. The highest BCUT2D eigenvalue weighted by molar-refractivity contribution is 6.03. The van der Waals surface area contributed by atoms with Crippen LogP contribution in [0.4, 0.5) is 5.69 Å². The van der Waals surface area contributed by atoms with E-state index in [4.69, 9.17) is 4.74 Å². The van der Waals surface area contributed by atoms with Gasteiger partial charge in [0.1, 0.15) is 25.3 Å². The molecule has 2 aromatic rings. The Bertz CT molecular complexity index is 841. The number of hydrogen-bond acceptors (Lipinski definition) is 3. The maximum atomic E-state index is 12.7. The number of carbonyl (C=O) groups excluding carboxylic acids is 2. The molecule has 1 heterocycles. The van der Waals surface area contributed by atoms with Gasteiger partial charge in [-0.25, -0.2) is 0 Å². The van der Waals surface area contributed by atoms with Crippen molar-refractivity contribution in [2.75, 3.05) is 25.0 Å². The molecule has 2 amide bonds. The van der Waals surface area contributed by atoms with Crippen molar-refractivity contribution in [1.29, 1.82) is 0 Å². The van der Waals surface area contributed by atoms with E-state index in [9.17, 15) is 9.59 Å². The number of ether oxygens (including phenoxy) is 1. The monoisotopic (exact) mass is 396 g/mol. The van der Waals surface area contributed by atoms with Crippen molar-refractivity contribution < 1.29 is 19.2 Å². The van der Waals surface area contributed by atoms with Crippen LogP contribution in [0.2, 0.25) is 0 Å². The number of aryl methyl sites for hydroxylation is 1. The van der Waals surface area contributed by atoms with Gasteiger partial charge < -0.3 is 20.3 Å². The van der Waals surface area contributed by atoms with Gasteiger partial charge in [-0.3, -0.25) is 9.59 Å². The molecule has 3 N–H and O–H groups in total. The van der Waals surface area contributed by atoms with Gasteiger partial charge in [-0.15, -0.1) is 0 Å². The van der Waals surface area contributed by atoms with Crippen LogP contribution in [0.5, 0.6) is 0 Å². The van der Waals surface area contributed by atoms with E-state index in [1.165, 1.54) is 10.5 Å². The third-order valence-corrected chi connectivity index (χ3v) is 5.05. The van der Waals surface area contributed by atoms with Crippen LogP contribution in [-0.4, -0.2) is 43.7 Å². The fourth-order valence-corrected chi connectivity index (χ4v) is 3.73. The Hall–Kier alpha value is -2.70. The SMILES string of the molecule is Cc1ccc(CNC(=O)c2ccccc2NC(=O)C[NH+]2C[C@@H](C)O[C@H](C)C2)cc1. The van der Waals surface area contributed by atoms with Crippen LogP contribution < -0.4 is 15.5 Å². The molecule has 0 aliphatic carbocycles. The second kappa shape index (κ2) is 9.67. The number of benzene rings is 2. The normalized spacial score (nSPS) is 21.4. The molecule has 1 aliphatic heterocycles. The van der Waals surface area contributed by atoms with Crippen molar-refractivity contribution in [3.05, 3.63) is 65.2 Å². The van der Waals surface area contributed by atoms with E-state index in [1.54, 1.807) is 18.2 Å². The van der Waals surface area contributed by atoms with E-state index >= 15 is 0 Å². The molecule has 6 nitrogen and oxygen atoms in total. The predicted octanol–water partition coefficient (Wildman–Crippen LogP) is 1.56. The molecule has 2 aromatic carbocycles. The van der Waals surface area contributed by atoms with Crippen LogP contribution in [0.3, 0.4) is 0 Å². The van der Waals surface area contributed by atoms with Gasteiger partial charge in [0.2, 0.25) is 0 Å². The van der Waals surface area contributed by atoms with E-state index in [0.717, 1.165) is 18.7 Å². The zero-order valence-corrected chi connectivity index (χ0v) is 17.3. The number of rotatable bonds is 6. The topological polar surface area (TPSA) is 71.9 Å². The summed E-state index contributed by atoms with van der Waals surface area (Å²) in [5.41, 5.74) is 3.21. The van der Waals surface area contributed by atoms with E-state index in [1.807, 2.05) is 51.1 Å². The van der Waals surface area contributed by atoms with Crippen LogP contribution in [0, 0.1) is 6.92 Å². The molecular formula is C23H30N3O3+. The summed E-state index contributed by atoms with van der Waals surface area (Å²) in [6.45, 7) is 8.49. The number of nitrogens with one attached hydrogen (secondary N) is 3. The average molecular weight is 397 g/mol. The van der Waals surface area contributed by atoms with Crippen molar-refractivity contribution >= 4 is 17.5 Å². The maximum absolute atomic E-state index is 12.7. The molecule has 0 radical (unpaired) electrons. The number of anilines is 1. The molecule has 0 unspecified atom stereocenters. The minimum absolute atomic E-state index is 0.0971. The number of morpholine rings is 1. The summed E-state index contributed by atoms with van der Waals surface area (Å²) in [4.78, 5) is 26.4. The smallest absolute Gasteiger partial charge is 0.279 e. The van der Waals surface area contributed by atoms with Gasteiger partial charge in [0.05, 0.1) is 11.3 Å². The highest BCUT2D eigenvalue weighted by atomic mass is 16.5. The molecular weight excluding hydrogens is 366 g/mol. The van der Waals surface area contributed by atoms with Crippen LogP contribution in [-0.2, 0) is 16.1 Å². The molecule has 3 rings (SSSR count). The van der Waals surface area contributed by atoms with E-state index in [2.05, 4.69) is 10.6 Å². The van der Waals surface area contributed by atoms with Gasteiger partial charge in [0.15, 0.2) is 6.54 Å². The zero-order valence-electron chi connectivity index (χ0n) is 17.3. The molecule has 6 heteroatoms. The van der Waals surface area contributed by atoms with Gasteiger partial charge >= 0.3 is 0 Å². The number of hydrogen-bond donors (Lipinski definition) is 3. The summed E-state index contributed by atoms with van der Waals surface area (Å²) >= 11 is 0. The Kier molecular flexibility index (Phi) is 7.01. The highest BCUT2D eigenvalue weighted by Gasteiger charge is 2.27. The summed E-state index contributed by atoms with van der Waals surface area (Å²) in [6, 6.07) is 15.1. The van der Waals surface area contributed by atoms with Crippen molar-refractivity contribution in [2.45, 2.75) is 39.5 Å². The van der Waals surface area contributed by atoms with Crippen LogP contribution in [0.15, 0.2) is 48.5 Å². The lowest BCUT2D eigenvalue weighted by atomic mass is 10.1. The third kappa shape index (κ3) is 6.14. The number of carbonyl (C=O) groups is 2. The minimum Gasteiger partial charge on any atom is -0.364 e. The summed E-state index contributed by atoms with van der Waals surface area (Å²) in [5.74, 6) is -0.303. The van der Waals surface area contributed by atoms with Crippen LogP contribution >= 0.6 is 0 Å². The molecule has 154 valence electrons. The van der Waals surface area contributed by atoms with Crippen LogP contribution in [0.1, 0.15) is 35.3 Å². The number of amides is 2. The van der Waals surface area contributed by atoms with E-state index < -0.39 is 0 Å². The quantitative estimate of drug-likeness (QED) is 0.694. The minimum atomic E-state index is -0.206. The first-order valence-corrected chi connectivity index (χ1v) is 10.1. The second-order valence-electron chi connectivity index (χ2n) is 7.85. The first-order valence-electron chi connectivity index (χ1n) is 10.1. The Morgan fingerprint density at radius 3 is 2.38 bits per heavy atom. The average Bonchev–Trinajstić information content (AvgIpc) is 2.67. The van der Waals surface area contributed by atoms with Gasteiger partial charge in [0, 0.05) is 6.54 Å². The fourth-order valence-electron chi connectivity index (χ4n) is 3.73. The maximum Gasteiger partial charge on any atom is 0.279 e. The summed E-state index contributed by atoms with van der Waals surface area (Å²) in [7, 11) is 0. The van der Waals surface area contributed by atoms with Gasteiger partial charge in [-0.2, -0.15) is 0 Å². The van der Waals surface area contributed by atoms with Crippen molar-refractivity contribution in [3.8, 4) is 0 Å². The predicted molar refractivity (Wildman–Crippen MR) is 113 cm³/mol. The zero-order chi connectivity index (χ0) is 20.8. The lowest BCUT2D eigenvalue weighted by Gasteiger charge is -2.31. The van der Waals surface area contributed by atoms with Crippen molar-refractivity contribution in [3.63, 3.8) is 0 Å².